The highest BCUT2D eigenvalue weighted by atomic mass is 79.9. The molecule has 0 bridgehead atoms. The van der Waals surface area contributed by atoms with Crippen molar-refractivity contribution >= 4 is 27.5 Å². The summed E-state index contributed by atoms with van der Waals surface area (Å²) in [5.41, 5.74) is 1.11. The third-order valence-electron chi connectivity index (χ3n) is 2.41. The fraction of sp³-hybridized carbons (Fsp3) is 0.250. The predicted octanol–water partition coefficient (Wildman–Crippen LogP) is 3.09. The summed E-state index contributed by atoms with van der Waals surface area (Å²) in [7, 11) is 0. The molecule has 1 aromatic carbocycles. The van der Waals surface area contributed by atoms with Gasteiger partial charge in [-0.25, -0.2) is 0 Å². The third-order valence-corrected chi connectivity index (χ3v) is 3.25. The molecule has 1 heterocycles. The molecule has 1 aromatic heterocycles. The van der Waals surface area contributed by atoms with Crippen LogP contribution in [0.15, 0.2) is 41.1 Å². The van der Waals surface area contributed by atoms with E-state index in [0.29, 0.717) is 0 Å². The maximum Gasteiger partial charge on any atom is 0.0534 e. The van der Waals surface area contributed by atoms with Gasteiger partial charge in [0.2, 0.25) is 0 Å². The lowest BCUT2D eigenvalue weighted by molar-refractivity contribution is 0.555. The van der Waals surface area contributed by atoms with Crippen molar-refractivity contribution in [3.63, 3.8) is 0 Å². The average molecular weight is 315 g/mol. The van der Waals surface area contributed by atoms with Crippen molar-refractivity contribution in [1.29, 1.82) is 0 Å². The monoisotopic (exact) mass is 313 g/mol. The van der Waals surface area contributed by atoms with E-state index in [1.54, 1.807) is 6.20 Å². The van der Waals surface area contributed by atoms with Crippen LogP contribution in [0.5, 0.6) is 0 Å². The third kappa shape index (κ3) is 3.84. The van der Waals surface area contributed by atoms with Crippen molar-refractivity contribution in [1.82, 2.24) is 15.1 Å². The van der Waals surface area contributed by atoms with Gasteiger partial charge in [-0.05, 0) is 23.8 Å². The molecule has 90 valence electrons. The molecule has 1 N–H and O–H groups in total. The van der Waals surface area contributed by atoms with Crippen LogP contribution in [0.1, 0.15) is 5.56 Å². The normalized spacial score (nSPS) is 10.7. The zero-order chi connectivity index (χ0) is 12.1. The number of halogens is 2. The zero-order valence-corrected chi connectivity index (χ0v) is 11.6. The summed E-state index contributed by atoms with van der Waals surface area (Å²) in [6.45, 7) is 2.50. The smallest absolute Gasteiger partial charge is 0.0534 e. The Morgan fingerprint density at radius 1 is 1.41 bits per heavy atom. The van der Waals surface area contributed by atoms with Crippen molar-refractivity contribution < 1.29 is 0 Å². The second kappa shape index (κ2) is 6.19. The van der Waals surface area contributed by atoms with E-state index in [1.807, 2.05) is 35.1 Å². The molecule has 2 aromatic rings. The summed E-state index contributed by atoms with van der Waals surface area (Å²) >= 11 is 9.51. The molecule has 0 aliphatic rings. The van der Waals surface area contributed by atoms with Gasteiger partial charge in [0.1, 0.15) is 0 Å². The quantitative estimate of drug-likeness (QED) is 0.860. The van der Waals surface area contributed by atoms with Crippen molar-refractivity contribution in [3.05, 3.63) is 51.7 Å². The van der Waals surface area contributed by atoms with Crippen LogP contribution in [0.4, 0.5) is 0 Å². The number of nitrogens with one attached hydrogen (secondary N) is 1. The Balaban J connectivity index is 1.78. The molecule has 0 aliphatic heterocycles. The fourth-order valence-corrected chi connectivity index (χ4v) is 2.25. The highest BCUT2D eigenvalue weighted by Gasteiger charge is 2.00. The van der Waals surface area contributed by atoms with Gasteiger partial charge in [-0.2, -0.15) is 5.10 Å². The molecule has 0 saturated carbocycles. The van der Waals surface area contributed by atoms with Gasteiger partial charge in [0.05, 0.1) is 6.54 Å². The Hall–Kier alpha value is -0.840. The Morgan fingerprint density at radius 3 is 3.00 bits per heavy atom. The molecule has 0 aliphatic carbocycles. The number of aromatic nitrogens is 2. The predicted molar refractivity (Wildman–Crippen MR) is 73.1 cm³/mol. The van der Waals surface area contributed by atoms with Gasteiger partial charge in [-0.15, -0.1) is 0 Å². The molecular formula is C12H13BrClN3. The number of nitrogens with zero attached hydrogens (tertiary/aromatic N) is 2. The van der Waals surface area contributed by atoms with Crippen LogP contribution in [-0.2, 0) is 13.1 Å². The van der Waals surface area contributed by atoms with Crippen LogP contribution >= 0.6 is 27.5 Å². The summed E-state index contributed by atoms with van der Waals surface area (Å²) in [4.78, 5) is 0. The highest BCUT2D eigenvalue weighted by Crippen LogP contribution is 2.20. The fourth-order valence-electron chi connectivity index (χ4n) is 1.51. The van der Waals surface area contributed by atoms with Crippen LogP contribution in [-0.4, -0.2) is 16.3 Å². The lowest BCUT2D eigenvalue weighted by atomic mass is 10.2. The van der Waals surface area contributed by atoms with E-state index in [-0.39, 0.29) is 0 Å². The standard InChI is InChI=1S/C12H13BrClN3/c13-11-3-2-10(12(14)8-11)9-15-5-7-17-6-1-4-16-17/h1-4,6,8,15H,5,7,9H2. The second-order valence-corrected chi connectivity index (χ2v) is 5.00. The number of hydrogen-bond acceptors (Lipinski definition) is 2. The van der Waals surface area contributed by atoms with Crippen molar-refractivity contribution in [2.45, 2.75) is 13.1 Å². The Bertz CT molecular complexity index is 471. The molecule has 0 fully saturated rings. The van der Waals surface area contributed by atoms with Gasteiger partial charge in [0, 0.05) is 35.0 Å². The Labute approximate surface area is 114 Å². The van der Waals surface area contributed by atoms with Gasteiger partial charge in [-0.3, -0.25) is 4.68 Å². The number of hydrogen-bond donors (Lipinski definition) is 1. The van der Waals surface area contributed by atoms with E-state index in [2.05, 4.69) is 26.3 Å². The van der Waals surface area contributed by atoms with E-state index < -0.39 is 0 Å². The van der Waals surface area contributed by atoms with Gasteiger partial charge in [-0.1, -0.05) is 33.6 Å². The van der Waals surface area contributed by atoms with Crippen LogP contribution in [0.2, 0.25) is 5.02 Å². The lowest BCUT2D eigenvalue weighted by Gasteiger charge is -2.07. The van der Waals surface area contributed by atoms with E-state index in [0.717, 1.165) is 34.7 Å². The second-order valence-electron chi connectivity index (χ2n) is 3.68. The summed E-state index contributed by atoms with van der Waals surface area (Å²) in [6, 6.07) is 7.85. The molecule has 3 nitrogen and oxygen atoms in total. The van der Waals surface area contributed by atoms with Crippen LogP contribution in [0.25, 0.3) is 0 Å². The Morgan fingerprint density at radius 2 is 2.29 bits per heavy atom. The molecule has 0 amide bonds. The average Bonchev–Trinajstić information content (AvgIpc) is 2.79. The van der Waals surface area contributed by atoms with Gasteiger partial charge >= 0.3 is 0 Å². The summed E-state index contributed by atoms with van der Waals surface area (Å²) in [5, 5.41) is 8.26. The van der Waals surface area contributed by atoms with Crippen LogP contribution < -0.4 is 5.32 Å². The number of benzene rings is 1. The van der Waals surface area contributed by atoms with E-state index in [1.165, 1.54) is 0 Å². The van der Waals surface area contributed by atoms with Gasteiger partial charge < -0.3 is 5.32 Å². The largest absolute Gasteiger partial charge is 0.311 e. The molecule has 2 rings (SSSR count). The van der Waals surface area contributed by atoms with Crippen molar-refractivity contribution in [3.8, 4) is 0 Å². The molecule has 17 heavy (non-hydrogen) atoms. The maximum absolute atomic E-state index is 6.12. The molecule has 0 unspecified atom stereocenters. The lowest BCUT2D eigenvalue weighted by Crippen LogP contribution is -2.19. The minimum Gasteiger partial charge on any atom is -0.311 e. The first-order valence-corrected chi connectivity index (χ1v) is 6.55. The topological polar surface area (TPSA) is 29.9 Å². The molecule has 5 heteroatoms. The first-order valence-electron chi connectivity index (χ1n) is 5.38. The van der Waals surface area contributed by atoms with E-state index in [4.69, 9.17) is 11.6 Å². The summed E-state index contributed by atoms with van der Waals surface area (Å²) in [5.74, 6) is 0. The first kappa shape index (κ1) is 12.6. The van der Waals surface area contributed by atoms with Gasteiger partial charge in [0.15, 0.2) is 0 Å². The molecular weight excluding hydrogens is 302 g/mol. The minimum atomic E-state index is 0.771. The summed E-state index contributed by atoms with van der Waals surface area (Å²) < 4.78 is 2.90. The van der Waals surface area contributed by atoms with E-state index >= 15 is 0 Å². The Kier molecular flexibility index (Phi) is 4.59. The van der Waals surface area contributed by atoms with Crippen LogP contribution in [0.3, 0.4) is 0 Å². The van der Waals surface area contributed by atoms with Crippen LogP contribution in [0, 0.1) is 0 Å². The molecule has 0 atom stereocenters. The molecule has 0 saturated heterocycles. The SMILES string of the molecule is Clc1cc(Br)ccc1CNCCn1cccn1. The zero-order valence-electron chi connectivity index (χ0n) is 9.24. The first-order chi connectivity index (χ1) is 8.25. The number of rotatable bonds is 5. The highest BCUT2D eigenvalue weighted by molar-refractivity contribution is 9.10. The van der Waals surface area contributed by atoms with Gasteiger partial charge in [0.25, 0.3) is 0 Å². The minimum absolute atomic E-state index is 0.771. The molecule has 0 radical (unpaired) electrons. The maximum atomic E-state index is 6.12. The molecule has 0 spiro atoms. The van der Waals surface area contributed by atoms with Crippen molar-refractivity contribution in [2.75, 3.05) is 6.54 Å². The van der Waals surface area contributed by atoms with E-state index in [9.17, 15) is 0 Å². The van der Waals surface area contributed by atoms with Crippen molar-refractivity contribution in [2.24, 2.45) is 0 Å². The summed E-state index contributed by atoms with van der Waals surface area (Å²) in [6.07, 6.45) is 3.74.